The number of aromatic hydroxyl groups is 2. The molecule has 4 aromatic rings. The third-order valence-electron chi connectivity index (χ3n) is 4.37. The van der Waals surface area contributed by atoms with E-state index >= 15 is 0 Å². The molecule has 0 atom stereocenters. The lowest BCUT2D eigenvalue weighted by Crippen LogP contribution is -2.17. The quantitative estimate of drug-likeness (QED) is 0.344. The smallest absolute Gasteiger partial charge is 0.251 e. The van der Waals surface area contributed by atoms with Gasteiger partial charge < -0.3 is 26.2 Å². The average Bonchev–Trinajstić information content (AvgIpc) is 2.73. The Hall–Kier alpha value is -4.33. The van der Waals surface area contributed by atoms with E-state index in [9.17, 15) is 15.0 Å². The van der Waals surface area contributed by atoms with Crippen LogP contribution in [0.5, 0.6) is 11.5 Å². The first kappa shape index (κ1) is 19.0. The highest BCUT2D eigenvalue weighted by Crippen LogP contribution is 2.29. The van der Waals surface area contributed by atoms with Crippen molar-refractivity contribution < 1.29 is 15.0 Å². The number of phenols is 2. The number of amides is 1. The van der Waals surface area contributed by atoms with Gasteiger partial charge in [0.25, 0.3) is 5.91 Å². The number of rotatable bonds is 5. The summed E-state index contributed by atoms with van der Waals surface area (Å²) in [6.45, 7) is 0. The van der Waals surface area contributed by atoms with Gasteiger partial charge in [0.15, 0.2) is 11.6 Å². The molecule has 0 aliphatic carbocycles. The second-order valence-electron chi connectivity index (χ2n) is 6.55. The zero-order chi connectivity index (χ0) is 21.1. The fourth-order valence-electron chi connectivity index (χ4n) is 2.95. The van der Waals surface area contributed by atoms with Crippen LogP contribution >= 0.6 is 0 Å². The zero-order valence-electron chi connectivity index (χ0n) is 16.0. The minimum absolute atomic E-state index is 0.109. The Labute approximate surface area is 172 Å². The van der Waals surface area contributed by atoms with Crippen molar-refractivity contribution in [1.82, 2.24) is 15.3 Å². The van der Waals surface area contributed by atoms with Gasteiger partial charge in [-0.15, -0.1) is 0 Å². The molecule has 8 heteroatoms. The van der Waals surface area contributed by atoms with Crippen LogP contribution in [0, 0.1) is 0 Å². The van der Waals surface area contributed by atoms with Gasteiger partial charge in [0, 0.05) is 36.1 Å². The summed E-state index contributed by atoms with van der Waals surface area (Å²) in [6, 6.07) is 18.3. The zero-order valence-corrected chi connectivity index (χ0v) is 16.0. The van der Waals surface area contributed by atoms with Gasteiger partial charge in [-0.05, 0) is 42.5 Å². The van der Waals surface area contributed by atoms with Crippen molar-refractivity contribution >= 4 is 40.0 Å². The van der Waals surface area contributed by atoms with Crippen LogP contribution < -0.4 is 16.0 Å². The predicted molar refractivity (Wildman–Crippen MR) is 116 cm³/mol. The number of carbonyl (C=O) groups is 1. The minimum Gasteiger partial charge on any atom is -0.508 e. The number of nitrogens with zero attached hydrogens (tertiary/aromatic N) is 2. The standard InChI is InChI=1S/C22H19N5O3/c1-23-22(30)13-8-9-18-19(10-13)27-21(25-15-5-3-7-17(29)12-15)20(26-18)24-14-4-2-6-16(28)11-14/h2-12,28-29H,1H3,(H,23,30)(H,24,26)(H,25,27). The van der Waals surface area contributed by atoms with E-state index in [-0.39, 0.29) is 17.4 Å². The largest absolute Gasteiger partial charge is 0.508 e. The molecule has 0 radical (unpaired) electrons. The normalized spacial score (nSPS) is 10.6. The number of carbonyl (C=O) groups excluding carboxylic acids is 1. The SMILES string of the molecule is CNC(=O)c1ccc2nc(Nc3cccc(O)c3)c(Nc3cccc(O)c3)nc2c1. The molecule has 30 heavy (non-hydrogen) atoms. The van der Waals surface area contributed by atoms with Crippen LogP contribution in [0.25, 0.3) is 11.0 Å². The molecule has 0 spiro atoms. The van der Waals surface area contributed by atoms with Gasteiger partial charge in [0.1, 0.15) is 11.5 Å². The fourth-order valence-corrected chi connectivity index (χ4v) is 2.95. The number of phenolic OH excluding ortho intramolecular Hbond substituents is 2. The predicted octanol–water partition coefficient (Wildman–Crippen LogP) is 3.89. The lowest BCUT2D eigenvalue weighted by Gasteiger charge is -2.14. The topological polar surface area (TPSA) is 119 Å². The molecular formula is C22H19N5O3. The second kappa shape index (κ2) is 7.96. The van der Waals surface area contributed by atoms with Crippen molar-refractivity contribution in [2.75, 3.05) is 17.7 Å². The summed E-state index contributed by atoms with van der Waals surface area (Å²) < 4.78 is 0. The molecular weight excluding hydrogens is 382 g/mol. The van der Waals surface area contributed by atoms with Crippen molar-refractivity contribution in [3.63, 3.8) is 0 Å². The Morgan fingerprint density at radius 1 is 0.767 bits per heavy atom. The molecule has 0 aliphatic rings. The summed E-state index contributed by atoms with van der Waals surface area (Å²) in [5, 5.41) is 28.4. The highest BCUT2D eigenvalue weighted by Gasteiger charge is 2.13. The van der Waals surface area contributed by atoms with Crippen molar-refractivity contribution in [1.29, 1.82) is 0 Å². The van der Waals surface area contributed by atoms with Gasteiger partial charge in [0.2, 0.25) is 0 Å². The monoisotopic (exact) mass is 401 g/mol. The average molecular weight is 401 g/mol. The third kappa shape index (κ3) is 4.07. The Morgan fingerprint density at radius 3 is 1.87 bits per heavy atom. The van der Waals surface area contributed by atoms with E-state index in [2.05, 4.69) is 25.9 Å². The number of hydrogen-bond acceptors (Lipinski definition) is 7. The Morgan fingerprint density at radius 2 is 1.33 bits per heavy atom. The van der Waals surface area contributed by atoms with Gasteiger partial charge in [0.05, 0.1) is 11.0 Å². The molecule has 1 aromatic heterocycles. The van der Waals surface area contributed by atoms with Gasteiger partial charge in [-0.3, -0.25) is 4.79 Å². The molecule has 0 bridgehead atoms. The summed E-state index contributed by atoms with van der Waals surface area (Å²) in [5.74, 6) is 0.822. The number of benzene rings is 3. The van der Waals surface area contributed by atoms with Crippen molar-refractivity contribution in [3.05, 3.63) is 72.3 Å². The molecule has 8 nitrogen and oxygen atoms in total. The first-order chi connectivity index (χ1) is 14.5. The molecule has 150 valence electrons. The molecule has 0 fully saturated rings. The van der Waals surface area contributed by atoms with Crippen LogP contribution in [0.2, 0.25) is 0 Å². The molecule has 1 heterocycles. The summed E-state index contributed by atoms with van der Waals surface area (Å²) in [6.07, 6.45) is 0. The molecule has 3 aromatic carbocycles. The van der Waals surface area contributed by atoms with Crippen molar-refractivity contribution in [3.8, 4) is 11.5 Å². The van der Waals surface area contributed by atoms with E-state index in [0.717, 1.165) is 0 Å². The summed E-state index contributed by atoms with van der Waals surface area (Å²) >= 11 is 0. The number of anilines is 4. The maximum atomic E-state index is 12.0. The summed E-state index contributed by atoms with van der Waals surface area (Å²) in [5.41, 5.74) is 2.83. The molecule has 0 aliphatic heterocycles. The van der Waals surface area contributed by atoms with Crippen LogP contribution in [-0.2, 0) is 0 Å². The first-order valence-electron chi connectivity index (χ1n) is 9.18. The van der Waals surface area contributed by atoms with Crippen LogP contribution in [0.15, 0.2) is 66.7 Å². The molecule has 1 amide bonds. The Bertz CT molecular complexity index is 1240. The lowest BCUT2D eigenvalue weighted by molar-refractivity contribution is 0.0963. The molecule has 0 saturated heterocycles. The second-order valence-corrected chi connectivity index (χ2v) is 6.55. The van der Waals surface area contributed by atoms with Crippen molar-refractivity contribution in [2.45, 2.75) is 0 Å². The van der Waals surface area contributed by atoms with Gasteiger partial charge in [-0.25, -0.2) is 9.97 Å². The molecule has 5 N–H and O–H groups in total. The third-order valence-corrected chi connectivity index (χ3v) is 4.37. The number of fused-ring (bicyclic) bond motifs is 1. The number of hydrogen-bond donors (Lipinski definition) is 5. The summed E-state index contributed by atoms with van der Waals surface area (Å²) in [7, 11) is 1.56. The Kier molecular flexibility index (Phi) is 5.04. The molecule has 0 unspecified atom stereocenters. The highest BCUT2D eigenvalue weighted by atomic mass is 16.3. The van der Waals surface area contributed by atoms with Gasteiger partial charge >= 0.3 is 0 Å². The van der Waals surface area contributed by atoms with Crippen LogP contribution in [0.4, 0.5) is 23.0 Å². The van der Waals surface area contributed by atoms with E-state index in [1.165, 1.54) is 0 Å². The van der Waals surface area contributed by atoms with Gasteiger partial charge in [-0.1, -0.05) is 12.1 Å². The number of aromatic nitrogens is 2. The minimum atomic E-state index is -0.219. The van der Waals surface area contributed by atoms with E-state index in [0.29, 0.717) is 39.6 Å². The number of nitrogens with one attached hydrogen (secondary N) is 3. The van der Waals surface area contributed by atoms with Crippen LogP contribution in [0.3, 0.4) is 0 Å². The summed E-state index contributed by atoms with van der Waals surface area (Å²) in [4.78, 5) is 21.2. The van der Waals surface area contributed by atoms with Crippen LogP contribution in [-0.4, -0.2) is 33.1 Å². The van der Waals surface area contributed by atoms with E-state index in [1.54, 1.807) is 73.8 Å². The first-order valence-corrected chi connectivity index (χ1v) is 9.18. The highest BCUT2D eigenvalue weighted by molar-refractivity contribution is 5.97. The fraction of sp³-hybridized carbons (Fsp3) is 0.0455. The van der Waals surface area contributed by atoms with Crippen LogP contribution in [0.1, 0.15) is 10.4 Å². The molecule has 4 rings (SSSR count). The molecule has 0 saturated carbocycles. The Balaban J connectivity index is 1.81. The van der Waals surface area contributed by atoms with E-state index < -0.39 is 0 Å². The maximum absolute atomic E-state index is 12.0. The van der Waals surface area contributed by atoms with E-state index in [1.807, 2.05) is 0 Å². The maximum Gasteiger partial charge on any atom is 0.251 e. The van der Waals surface area contributed by atoms with E-state index in [4.69, 9.17) is 0 Å². The van der Waals surface area contributed by atoms with Crippen molar-refractivity contribution in [2.24, 2.45) is 0 Å². The lowest BCUT2D eigenvalue weighted by atomic mass is 10.2. The van der Waals surface area contributed by atoms with Gasteiger partial charge in [-0.2, -0.15) is 0 Å².